The maximum absolute atomic E-state index is 13.8. The molecule has 200 valence electrons. The standard InChI is InChI=1S/C29H33N9O/c1-19-12-15-37-25(19)29(39)38(23-6-4-3-5-7-23)28(35-37)20(2)34-27-24(26(30)32-18-33-27)21-8-10-22(11-9-21)36-16-13-31-14-17-36/h3-12,15,18,20,28,31,35H,13-14,16-17H2,1-2H3,(H3,30,32,33,34)/t20-,28?/m0/s1. The molecule has 0 saturated carbocycles. The maximum Gasteiger partial charge on any atom is 0.278 e. The fourth-order valence-electron chi connectivity index (χ4n) is 5.40. The van der Waals surface area contributed by atoms with E-state index in [1.165, 1.54) is 12.0 Å². The topological polar surface area (TPSA) is 116 Å². The number of anilines is 4. The predicted molar refractivity (Wildman–Crippen MR) is 156 cm³/mol. The van der Waals surface area contributed by atoms with E-state index in [1.807, 2.05) is 61.1 Å². The molecule has 0 radical (unpaired) electrons. The Bertz CT molecular complexity index is 1460. The van der Waals surface area contributed by atoms with Crippen molar-refractivity contribution in [3.8, 4) is 11.1 Å². The van der Waals surface area contributed by atoms with Crippen LogP contribution in [0.4, 0.5) is 23.0 Å². The third-order valence-corrected chi connectivity index (χ3v) is 7.45. The molecule has 0 spiro atoms. The Morgan fingerprint density at radius 2 is 1.74 bits per heavy atom. The molecule has 5 N–H and O–H groups in total. The van der Waals surface area contributed by atoms with Crippen LogP contribution in [0.15, 0.2) is 73.2 Å². The molecule has 10 heteroatoms. The lowest BCUT2D eigenvalue weighted by Crippen LogP contribution is -2.59. The van der Waals surface area contributed by atoms with Gasteiger partial charge in [0.25, 0.3) is 5.91 Å². The van der Waals surface area contributed by atoms with Crippen LogP contribution in [0, 0.1) is 6.92 Å². The number of aromatic nitrogens is 3. The molecule has 4 heterocycles. The fraction of sp³-hybridized carbons (Fsp3) is 0.276. The van der Waals surface area contributed by atoms with Crippen molar-refractivity contribution in [2.45, 2.75) is 26.1 Å². The van der Waals surface area contributed by atoms with Gasteiger partial charge < -0.3 is 26.7 Å². The van der Waals surface area contributed by atoms with Crippen LogP contribution in [0.25, 0.3) is 11.1 Å². The number of piperazine rings is 1. The highest BCUT2D eigenvalue weighted by molar-refractivity contribution is 6.07. The zero-order valence-corrected chi connectivity index (χ0v) is 22.1. The van der Waals surface area contributed by atoms with E-state index in [9.17, 15) is 4.79 Å². The summed E-state index contributed by atoms with van der Waals surface area (Å²) in [6.07, 6.45) is 2.95. The van der Waals surface area contributed by atoms with Crippen molar-refractivity contribution < 1.29 is 4.79 Å². The van der Waals surface area contributed by atoms with Crippen LogP contribution in [-0.4, -0.2) is 58.9 Å². The van der Waals surface area contributed by atoms with Crippen molar-refractivity contribution in [3.05, 3.63) is 84.4 Å². The summed E-state index contributed by atoms with van der Waals surface area (Å²) in [5.41, 5.74) is 15.1. The Morgan fingerprint density at radius 3 is 2.49 bits per heavy atom. The summed E-state index contributed by atoms with van der Waals surface area (Å²) in [5, 5.41) is 6.93. The smallest absolute Gasteiger partial charge is 0.278 e. The first kappa shape index (κ1) is 24.7. The number of hydrogen-bond donors (Lipinski definition) is 4. The Morgan fingerprint density at radius 1 is 1.00 bits per heavy atom. The lowest BCUT2D eigenvalue weighted by atomic mass is 10.0. The Hall–Kier alpha value is -4.57. The number of para-hydroxylation sites is 1. The molecular weight excluding hydrogens is 490 g/mol. The first-order chi connectivity index (χ1) is 19.0. The molecule has 2 aromatic heterocycles. The molecule has 4 aromatic rings. The number of nitrogens with one attached hydrogen (secondary N) is 3. The number of benzene rings is 2. The molecule has 1 fully saturated rings. The molecule has 2 aliphatic heterocycles. The first-order valence-electron chi connectivity index (χ1n) is 13.3. The number of nitrogens with two attached hydrogens (primary N) is 1. The van der Waals surface area contributed by atoms with Crippen molar-refractivity contribution in [2.24, 2.45) is 0 Å². The van der Waals surface area contributed by atoms with Crippen molar-refractivity contribution >= 4 is 28.9 Å². The van der Waals surface area contributed by atoms with Gasteiger partial charge in [-0.05, 0) is 55.3 Å². The van der Waals surface area contributed by atoms with Crippen molar-refractivity contribution in [1.82, 2.24) is 20.0 Å². The first-order valence-corrected chi connectivity index (χ1v) is 13.3. The van der Waals surface area contributed by atoms with Gasteiger partial charge in [0.15, 0.2) is 0 Å². The molecule has 0 aliphatic carbocycles. The minimum Gasteiger partial charge on any atom is -0.383 e. The van der Waals surface area contributed by atoms with E-state index in [4.69, 9.17) is 5.73 Å². The summed E-state index contributed by atoms with van der Waals surface area (Å²) >= 11 is 0. The largest absolute Gasteiger partial charge is 0.383 e. The van der Waals surface area contributed by atoms with E-state index >= 15 is 0 Å². The molecule has 10 nitrogen and oxygen atoms in total. The van der Waals surface area contributed by atoms with Crippen LogP contribution < -0.4 is 31.6 Å². The third kappa shape index (κ3) is 4.63. The van der Waals surface area contributed by atoms with E-state index in [0.29, 0.717) is 17.3 Å². The van der Waals surface area contributed by atoms with E-state index in [0.717, 1.165) is 48.6 Å². The average Bonchev–Trinajstić information content (AvgIpc) is 3.35. The lowest BCUT2D eigenvalue weighted by Gasteiger charge is -2.41. The van der Waals surface area contributed by atoms with Gasteiger partial charge in [-0.25, -0.2) is 9.97 Å². The monoisotopic (exact) mass is 523 g/mol. The van der Waals surface area contributed by atoms with Gasteiger partial charge in [-0.15, -0.1) is 0 Å². The van der Waals surface area contributed by atoms with Crippen molar-refractivity contribution in [2.75, 3.05) is 52.5 Å². The minimum absolute atomic E-state index is 0.0629. The molecule has 2 aromatic carbocycles. The summed E-state index contributed by atoms with van der Waals surface area (Å²) in [4.78, 5) is 26.8. The number of carbonyl (C=O) groups excluding carboxylic acids is 1. The number of nitrogen functional groups attached to an aromatic ring is 1. The van der Waals surface area contributed by atoms with Crippen molar-refractivity contribution in [3.63, 3.8) is 0 Å². The zero-order chi connectivity index (χ0) is 26.9. The lowest BCUT2D eigenvalue weighted by molar-refractivity contribution is 0.0954. The SMILES string of the molecule is Cc1ccn2c1C(=O)N(c1ccccc1)C([C@H](C)Nc1ncnc(N)c1-c1ccc(N3CCNCC3)cc1)N2. The number of nitrogens with zero attached hydrogens (tertiary/aromatic N) is 5. The quantitative estimate of drug-likeness (QED) is 0.304. The molecular formula is C29H33N9O. The van der Waals surface area contributed by atoms with Crippen LogP contribution in [0.2, 0.25) is 0 Å². The highest BCUT2D eigenvalue weighted by Gasteiger charge is 2.37. The number of hydrogen-bond acceptors (Lipinski definition) is 8. The summed E-state index contributed by atoms with van der Waals surface area (Å²) < 4.78 is 1.81. The molecule has 39 heavy (non-hydrogen) atoms. The number of amides is 1. The second-order valence-corrected chi connectivity index (χ2v) is 10.0. The summed E-state index contributed by atoms with van der Waals surface area (Å²) in [5.74, 6) is 0.944. The second-order valence-electron chi connectivity index (χ2n) is 10.0. The molecule has 0 bridgehead atoms. The van der Waals surface area contributed by atoms with Gasteiger partial charge in [-0.1, -0.05) is 30.3 Å². The Balaban J connectivity index is 1.31. The van der Waals surface area contributed by atoms with Gasteiger partial charge in [0, 0.05) is 43.8 Å². The predicted octanol–water partition coefficient (Wildman–Crippen LogP) is 3.28. The molecule has 1 amide bonds. The fourth-order valence-corrected chi connectivity index (χ4v) is 5.40. The molecule has 1 unspecified atom stereocenters. The average molecular weight is 524 g/mol. The second kappa shape index (κ2) is 10.3. The summed E-state index contributed by atoms with van der Waals surface area (Å²) in [6.45, 7) is 7.89. The Kier molecular flexibility index (Phi) is 6.54. The normalized spacial score (nSPS) is 17.9. The van der Waals surface area contributed by atoms with Crippen LogP contribution in [-0.2, 0) is 0 Å². The van der Waals surface area contributed by atoms with Gasteiger partial charge in [0.2, 0.25) is 0 Å². The van der Waals surface area contributed by atoms with Crippen LogP contribution in [0.1, 0.15) is 23.0 Å². The van der Waals surface area contributed by atoms with E-state index in [1.54, 1.807) is 4.90 Å². The van der Waals surface area contributed by atoms with Crippen LogP contribution in [0.3, 0.4) is 0 Å². The van der Waals surface area contributed by atoms with Gasteiger partial charge >= 0.3 is 0 Å². The number of rotatable bonds is 6. The highest BCUT2D eigenvalue weighted by atomic mass is 16.2. The Labute approximate surface area is 227 Å². The number of aryl methyl sites for hydroxylation is 1. The van der Waals surface area contributed by atoms with Gasteiger partial charge in [0.1, 0.15) is 29.8 Å². The molecule has 1 saturated heterocycles. The summed E-state index contributed by atoms with van der Waals surface area (Å²) in [7, 11) is 0. The molecule has 2 atom stereocenters. The van der Waals surface area contributed by atoms with Gasteiger partial charge in [-0.2, -0.15) is 0 Å². The molecule has 6 rings (SSSR count). The van der Waals surface area contributed by atoms with E-state index < -0.39 is 6.17 Å². The van der Waals surface area contributed by atoms with Gasteiger partial charge in [-0.3, -0.25) is 14.4 Å². The summed E-state index contributed by atoms with van der Waals surface area (Å²) in [6, 6.07) is 19.8. The van der Waals surface area contributed by atoms with Gasteiger partial charge in [0.05, 0.1) is 11.6 Å². The van der Waals surface area contributed by atoms with Crippen LogP contribution in [0.5, 0.6) is 0 Å². The van der Waals surface area contributed by atoms with E-state index in [2.05, 4.69) is 55.2 Å². The minimum atomic E-state index is -0.404. The van der Waals surface area contributed by atoms with E-state index in [-0.39, 0.29) is 11.9 Å². The highest BCUT2D eigenvalue weighted by Crippen LogP contribution is 2.34. The number of fused-ring (bicyclic) bond motifs is 1. The van der Waals surface area contributed by atoms with Crippen molar-refractivity contribution in [1.29, 1.82) is 0 Å². The maximum atomic E-state index is 13.8. The third-order valence-electron chi connectivity index (χ3n) is 7.45. The van der Waals surface area contributed by atoms with Crippen LogP contribution >= 0.6 is 0 Å². The number of carbonyl (C=O) groups is 1. The zero-order valence-electron chi connectivity index (χ0n) is 22.1. The molecule has 2 aliphatic rings.